The van der Waals surface area contributed by atoms with Gasteiger partial charge in [0.15, 0.2) is 20.5 Å². The van der Waals surface area contributed by atoms with Crippen LogP contribution in [0.3, 0.4) is 0 Å². The monoisotopic (exact) mass is 463 g/mol. The molecule has 1 aliphatic rings. The summed E-state index contributed by atoms with van der Waals surface area (Å²) in [6.45, 7) is 2.31. The number of fused-ring (bicyclic) bond motifs is 1. The Hall–Kier alpha value is -2.85. The van der Waals surface area contributed by atoms with Gasteiger partial charge < -0.3 is 14.5 Å². The second kappa shape index (κ2) is 8.35. The minimum Gasteiger partial charge on any atom is -0.495 e. The van der Waals surface area contributed by atoms with Crippen LogP contribution in [0.5, 0.6) is 5.75 Å². The standard InChI is InChI=1S/C20H22ClN5O4S/c1-30-17-12-14(5-6-16(17)21)24-8-10-25(11-9-24)18(27)13-26-19-15(4-3-7-22-19)20(23-26)31(2,28)29/h3-7,12H,8-11,13H2,1-2H3. The van der Waals surface area contributed by atoms with Crippen LogP contribution in [0.2, 0.25) is 5.02 Å². The largest absolute Gasteiger partial charge is 0.495 e. The van der Waals surface area contributed by atoms with Crippen LogP contribution >= 0.6 is 11.6 Å². The molecule has 2 aromatic heterocycles. The smallest absolute Gasteiger partial charge is 0.244 e. The highest BCUT2D eigenvalue weighted by molar-refractivity contribution is 7.90. The van der Waals surface area contributed by atoms with E-state index in [1.165, 1.54) is 4.68 Å². The molecule has 0 bridgehead atoms. The summed E-state index contributed by atoms with van der Waals surface area (Å²) in [4.78, 5) is 21.0. The molecule has 11 heteroatoms. The first-order valence-corrected chi connectivity index (χ1v) is 11.9. The van der Waals surface area contributed by atoms with Crippen molar-refractivity contribution in [2.75, 3.05) is 44.4 Å². The van der Waals surface area contributed by atoms with Crippen LogP contribution in [-0.4, -0.2) is 73.5 Å². The number of nitrogens with zero attached hydrogens (tertiary/aromatic N) is 5. The number of carbonyl (C=O) groups excluding carboxylic acids is 1. The lowest BCUT2D eigenvalue weighted by Crippen LogP contribution is -2.49. The lowest BCUT2D eigenvalue weighted by molar-refractivity contribution is -0.132. The van der Waals surface area contributed by atoms with Crippen molar-refractivity contribution < 1.29 is 17.9 Å². The summed E-state index contributed by atoms with van der Waals surface area (Å²) in [5, 5.41) is 5.07. The molecule has 164 valence electrons. The van der Waals surface area contributed by atoms with E-state index < -0.39 is 9.84 Å². The van der Waals surface area contributed by atoms with Crippen LogP contribution in [-0.2, 0) is 21.2 Å². The number of sulfone groups is 1. The average molecular weight is 464 g/mol. The van der Waals surface area contributed by atoms with E-state index in [1.54, 1.807) is 36.4 Å². The van der Waals surface area contributed by atoms with Gasteiger partial charge in [0.1, 0.15) is 12.3 Å². The lowest BCUT2D eigenvalue weighted by Gasteiger charge is -2.36. The molecule has 4 rings (SSSR count). The molecule has 0 unspecified atom stereocenters. The van der Waals surface area contributed by atoms with Crippen LogP contribution in [0.15, 0.2) is 41.6 Å². The number of aromatic nitrogens is 3. The quantitative estimate of drug-likeness (QED) is 0.569. The molecule has 0 atom stereocenters. The summed E-state index contributed by atoms with van der Waals surface area (Å²) in [5.41, 5.74) is 1.36. The lowest BCUT2D eigenvalue weighted by atomic mass is 10.2. The number of rotatable bonds is 5. The van der Waals surface area contributed by atoms with E-state index in [0.29, 0.717) is 48.0 Å². The minimum absolute atomic E-state index is 0.0649. The van der Waals surface area contributed by atoms with E-state index >= 15 is 0 Å². The van der Waals surface area contributed by atoms with Crippen LogP contribution in [0.4, 0.5) is 5.69 Å². The predicted octanol–water partition coefficient (Wildman–Crippen LogP) is 1.85. The zero-order valence-corrected chi connectivity index (χ0v) is 18.7. The first kappa shape index (κ1) is 21.4. The molecule has 31 heavy (non-hydrogen) atoms. The van der Waals surface area contributed by atoms with Gasteiger partial charge in [0, 0.05) is 50.4 Å². The topological polar surface area (TPSA) is 97.6 Å². The normalized spacial score (nSPS) is 14.8. The van der Waals surface area contributed by atoms with Crippen LogP contribution in [0, 0.1) is 0 Å². The third-order valence-electron chi connectivity index (χ3n) is 5.24. The summed E-state index contributed by atoms with van der Waals surface area (Å²) in [7, 11) is -1.97. The van der Waals surface area contributed by atoms with E-state index in [-0.39, 0.29) is 17.5 Å². The number of halogens is 1. The highest BCUT2D eigenvalue weighted by Gasteiger charge is 2.25. The van der Waals surface area contributed by atoms with Crippen molar-refractivity contribution in [1.82, 2.24) is 19.7 Å². The maximum absolute atomic E-state index is 12.9. The number of benzene rings is 1. The Morgan fingerprint density at radius 1 is 1.19 bits per heavy atom. The molecule has 1 amide bonds. The van der Waals surface area contributed by atoms with Crippen molar-refractivity contribution in [2.45, 2.75) is 11.6 Å². The van der Waals surface area contributed by atoms with E-state index in [9.17, 15) is 13.2 Å². The summed E-state index contributed by atoms with van der Waals surface area (Å²) < 4.78 is 30.8. The highest BCUT2D eigenvalue weighted by Crippen LogP contribution is 2.30. The molecule has 1 fully saturated rings. The molecule has 3 heterocycles. The van der Waals surface area contributed by atoms with Crippen molar-refractivity contribution >= 4 is 44.1 Å². The molecular weight excluding hydrogens is 442 g/mol. The number of hydrogen-bond donors (Lipinski definition) is 0. The second-order valence-electron chi connectivity index (χ2n) is 7.30. The van der Waals surface area contributed by atoms with E-state index in [2.05, 4.69) is 15.0 Å². The van der Waals surface area contributed by atoms with Gasteiger partial charge in [-0.1, -0.05) is 11.6 Å². The molecule has 0 radical (unpaired) electrons. The first-order chi connectivity index (χ1) is 14.8. The van der Waals surface area contributed by atoms with E-state index in [0.717, 1.165) is 11.9 Å². The van der Waals surface area contributed by atoms with Gasteiger partial charge in [-0.15, -0.1) is 0 Å². The number of ether oxygens (including phenoxy) is 1. The number of methoxy groups -OCH3 is 1. The Bertz CT molecular complexity index is 1240. The molecule has 0 spiro atoms. The van der Waals surface area contributed by atoms with E-state index in [1.807, 2.05) is 12.1 Å². The molecular formula is C20H22ClN5O4S. The van der Waals surface area contributed by atoms with Gasteiger partial charge in [0.05, 0.1) is 17.5 Å². The number of anilines is 1. The van der Waals surface area contributed by atoms with Crippen molar-refractivity contribution in [2.24, 2.45) is 0 Å². The van der Waals surface area contributed by atoms with Crippen LogP contribution in [0.1, 0.15) is 0 Å². The molecule has 1 aliphatic heterocycles. The summed E-state index contributed by atoms with van der Waals surface area (Å²) in [6.07, 6.45) is 2.65. The molecule has 0 N–H and O–H groups in total. The SMILES string of the molecule is COc1cc(N2CCN(C(=O)Cn3nc(S(C)(=O)=O)c4cccnc43)CC2)ccc1Cl. The van der Waals surface area contributed by atoms with Gasteiger partial charge in [-0.2, -0.15) is 5.10 Å². The maximum atomic E-state index is 12.9. The Kier molecular flexibility index (Phi) is 5.76. The number of amides is 1. The number of pyridine rings is 1. The zero-order chi connectivity index (χ0) is 22.2. The van der Waals surface area contributed by atoms with Gasteiger partial charge in [-0.05, 0) is 24.3 Å². The second-order valence-corrected chi connectivity index (χ2v) is 9.63. The number of carbonyl (C=O) groups is 1. The number of piperazine rings is 1. The summed E-state index contributed by atoms with van der Waals surface area (Å²) in [5.74, 6) is 0.473. The number of hydrogen-bond acceptors (Lipinski definition) is 7. The fraction of sp³-hybridized carbons (Fsp3) is 0.350. The minimum atomic E-state index is -3.54. The zero-order valence-electron chi connectivity index (χ0n) is 17.2. The molecule has 9 nitrogen and oxygen atoms in total. The van der Waals surface area contributed by atoms with Crippen molar-refractivity contribution in [3.63, 3.8) is 0 Å². The van der Waals surface area contributed by atoms with Crippen LogP contribution < -0.4 is 9.64 Å². The first-order valence-electron chi connectivity index (χ1n) is 9.66. The fourth-order valence-corrected chi connectivity index (χ4v) is 4.65. The summed E-state index contributed by atoms with van der Waals surface area (Å²) >= 11 is 6.10. The van der Waals surface area contributed by atoms with Crippen molar-refractivity contribution in [3.05, 3.63) is 41.6 Å². The Labute approximate surface area is 185 Å². The molecule has 0 aliphatic carbocycles. The predicted molar refractivity (Wildman–Crippen MR) is 117 cm³/mol. The molecule has 3 aromatic rings. The fourth-order valence-electron chi connectivity index (χ4n) is 3.65. The Morgan fingerprint density at radius 3 is 2.61 bits per heavy atom. The van der Waals surface area contributed by atoms with E-state index in [4.69, 9.17) is 16.3 Å². The molecule has 0 saturated carbocycles. The van der Waals surface area contributed by atoms with Crippen molar-refractivity contribution in [1.29, 1.82) is 0 Å². The van der Waals surface area contributed by atoms with Gasteiger partial charge in [0.25, 0.3) is 0 Å². The molecule has 1 aromatic carbocycles. The maximum Gasteiger partial charge on any atom is 0.244 e. The third-order valence-corrected chi connectivity index (χ3v) is 6.56. The van der Waals surface area contributed by atoms with Gasteiger partial charge in [-0.25, -0.2) is 18.1 Å². The average Bonchev–Trinajstić information content (AvgIpc) is 3.13. The Morgan fingerprint density at radius 2 is 1.94 bits per heavy atom. The van der Waals surface area contributed by atoms with Gasteiger partial charge in [-0.3, -0.25) is 4.79 Å². The van der Waals surface area contributed by atoms with Crippen molar-refractivity contribution in [3.8, 4) is 5.75 Å². The third kappa shape index (κ3) is 4.31. The molecule has 1 saturated heterocycles. The highest BCUT2D eigenvalue weighted by atomic mass is 35.5. The summed E-state index contributed by atoms with van der Waals surface area (Å²) in [6, 6.07) is 8.90. The van der Waals surface area contributed by atoms with Crippen LogP contribution in [0.25, 0.3) is 11.0 Å². The van der Waals surface area contributed by atoms with Gasteiger partial charge >= 0.3 is 0 Å². The Balaban J connectivity index is 1.47. The van der Waals surface area contributed by atoms with Gasteiger partial charge in [0.2, 0.25) is 5.91 Å².